The summed E-state index contributed by atoms with van der Waals surface area (Å²) < 4.78 is 37.5. The Hall–Kier alpha value is -2.39. The molecule has 3 aromatic rings. The fourth-order valence-corrected chi connectivity index (χ4v) is 5.10. The van der Waals surface area contributed by atoms with E-state index in [1.807, 2.05) is 19.9 Å². The number of aryl methyl sites for hydroxylation is 2. The second kappa shape index (κ2) is 9.40. The highest BCUT2D eigenvalue weighted by Crippen LogP contribution is 2.28. The molecule has 0 bridgehead atoms. The number of rotatable bonds is 7. The Morgan fingerprint density at radius 1 is 1.10 bits per heavy atom. The van der Waals surface area contributed by atoms with E-state index >= 15 is 0 Å². The third-order valence-electron chi connectivity index (χ3n) is 4.64. The summed E-state index contributed by atoms with van der Waals surface area (Å²) in [5.74, 6) is -0.641. The molecule has 0 atom stereocenters. The molecule has 31 heavy (non-hydrogen) atoms. The first-order valence-electron chi connectivity index (χ1n) is 9.22. The number of hydrogen-bond acceptors (Lipinski definition) is 6. The van der Waals surface area contributed by atoms with Crippen LogP contribution in [0.4, 0.5) is 0 Å². The SMILES string of the molecule is Cc1cc2oc(=O)cc(COC(=O)CCNS(=O)(=O)c3c(Cl)cccc3Cl)c2cc1C. The van der Waals surface area contributed by atoms with Gasteiger partial charge in [-0.15, -0.1) is 0 Å². The third-order valence-corrected chi connectivity index (χ3v) is 7.06. The van der Waals surface area contributed by atoms with Crippen LogP contribution in [0.1, 0.15) is 23.1 Å². The number of nitrogens with one attached hydrogen (secondary N) is 1. The van der Waals surface area contributed by atoms with E-state index in [4.69, 9.17) is 32.4 Å². The summed E-state index contributed by atoms with van der Waals surface area (Å²) in [5, 5.41) is 0.621. The lowest BCUT2D eigenvalue weighted by atomic mass is 10.0. The van der Waals surface area contributed by atoms with Crippen LogP contribution in [0.3, 0.4) is 0 Å². The molecule has 1 aromatic heterocycles. The van der Waals surface area contributed by atoms with Crippen LogP contribution in [0, 0.1) is 13.8 Å². The first kappa shape index (κ1) is 23.3. The second-order valence-electron chi connectivity index (χ2n) is 6.88. The molecular weight excluding hydrogens is 465 g/mol. The topological polar surface area (TPSA) is 103 Å². The van der Waals surface area contributed by atoms with Crippen LogP contribution in [0.5, 0.6) is 0 Å². The Labute approximate surface area is 189 Å². The van der Waals surface area contributed by atoms with Crippen molar-refractivity contribution in [1.82, 2.24) is 4.72 Å². The van der Waals surface area contributed by atoms with Crippen LogP contribution < -0.4 is 10.3 Å². The third kappa shape index (κ3) is 5.46. The maximum Gasteiger partial charge on any atom is 0.336 e. The maximum absolute atomic E-state index is 12.4. The maximum atomic E-state index is 12.4. The van der Waals surface area contributed by atoms with Crippen molar-refractivity contribution < 1.29 is 22.4 Å². The minimum atomic E-state index is -4.00. The van der Waals surface area contributed by atoms with E-state index in [2.05, 4.69) is 4.72 Å². The number of sulfonamides is 1. The fraction of sp³-hybridized carbons (Fsp3) is 0.238. The number of carbonyl (C=O) groups excluding carboxylic acids is 1. The van der Waals surface area contributed by atoms with Gasteiger partial charge in [-0.2, -0.15) is 0 Å². The number of fused-ring (bicyclic) bond motifs is 1. The Bertz CT molecular complexity index is 1300. The summed E-state index contributed by atoms with van der Waals surface area (Å²) in [5.41, 5.74) is 2.33. The molecule has 2 aromatic carbocycles. The quantitative estimate of drug-likeness (QED) is 0.400. The van der Waals surface area contributed by atoms with Gasteiger partial charge in [0.1, 0.15) is 17.1 Å². The molecular formula is C21H19Cl2NO6S. The molecule has 0 aliphatic heterocycles. The highest BCUT2D eigenvalue weighted by atomic mass is 35.5. The van der Waals surface area contributed by atoms with Crippen molar-refractivity contribution in [2.45, 2.75) is 31.8 Å². The van der Waals surface area contributed by atoms with Crippen LogP contribution in [-0.2, 0) is 26.2 Å². The van der Waals surface area contributed by atoms with Gasteiger partial charge in [0.2, 0.25) is 10.0 Å². The predicted molar refractivity (Wildman–Crippen MR) is 118 cm³/mol. The highest BCUT2D eigenvalue weighted by Gasteiger charge is 2.21. The van der Waals surface area contributed by atoms with Crippen LogP contribution in [0.15, 0.2) is 50.5 Å². The molecule has 0 spiro atoms. The average Bonchev–Trinajstić information content (AvgIpc) is 2.67. The van der Waals surface area contributed by atoms with Crippen molar-refractivity contribution >= 4 is 50.2 Å². The van der Waals surface area contributed by atoms with E-state index in [0.717, 1.165) is 11.1 Å². The lowest BCUT2D eigenvalue weighted by Gasteiger charge is -2.11. The van der Waals surface area contributed by atoms with Crippen LogP contribution >= 0.6 is 23.2 Å². The zero-order valence-electron chi connectivity index (χ0n) is 16.7. The van der Waals surface area contributed by atoms with Crippen molar-refractivity contribution in [1.29, 1.82) is 0 Å². The minimum absolute atomic E-state index is 0.0251. The first-order chi connectivity index (χ1) is 14.6. The van der Waals surface area contributed by atoms with Crippen molar-refractivity contribution in [2.24, 2.45) is 0 Å². The Morgan fingerprint density at radius 3 is 2.42 bits per heavy atom. The lowest BCUT2D eigenvalue weighted by molar-refractivity contribution is -0.144. The number of benzene rings is 2. The molecule has 0 aliphatic carbocycles. The molecule has 0 radical (unpaired) electrons. The number of hydrogen-bond donors (Lipinski definition) is 1. The van der Waals surface area contributed by atoms with Crippen LogP contribution in [0.25, 0.3) is 11.0 Å². The van der Waals surface area contributed by atoms with E-state index in [9.17, 15) is 18.0 Å². The molecule has 164 valence electrons. The normalized spacial score (nSPS) is 11.6. The summed E-state index contributed by atoms with van der Waals surface area (Å²) in [6.45, 7) is 3.47. The van der Waals surface area contributed by atoms with Crippen molar-refractivity contribution in [3.63, 3.8) is 0 Å². The minimum Gasteiger partial charge on any atom is -0.461 e. The first-order valence-corrected chi connectivity index (χ1v) is 11.5. The smallest absolute Gasteiger partial charge is 0.336 e. The van der Waals surface area contributed by atoms with E-state index in [0.29, 0.717) is 16.5 Å². The number of carbonyl (C=O) groups is 1. The molecule has 1 N–H and O–H groups in total. The summed E-state index contributed by atoms with van der Waals surface area (Å²) in [7, 11) is -4.00. The van der Waals surface area contributed by atoms with E-state index in [1.54, 1.807) is 6.07 Å². The van der Waals surface area contributed by atoms with Gasteiger partial charge in [-0.05, 0) is 49.2 Å². The number of halogens is 2. The number of esters is 1. The van der Waals surface area contributed by atoms with Crippen LogP contribution in [-0.4, -0.2) is 20.9 Å². The molecule has 0 amide bonds. The molecule has 0 unspecified atom stereocenters. The summed E-state index contributed by atoms with van der Waals surface area (Å²) in [4.78, 5) is 23.7. The van der Waals surface area contributed by atoms with E-state index < -0.39 is 21.6 Å². The predicted octanol–water partition coefficient (Wildman–Crippen LogP) is 4.13. The van der Waals surface area contributed by atoms with Crippen LogP contribution in [0.2, 0.25) is 10.0 Å². The van der Waals surface area contributed by atoms with Crippen molar-refractivity contribution in [3.8, 4) is 0 Å². The summed E-state index contributed by atoms with van der Waals surface area (Å²) in [6.07, 6.45) is -0.223. The second-order valence-corrected chi connectivity index (χ2v) is 9.40. The van der Waals surface area contributed by atoms with E-state index in [1.165, 1.54) is 24.3 Å². The van der Waals surface area contributed by atoms with Gasteiger partial charge >= 0.3 is 11.6 Å². The molecule has 0 saturated heterocycles. The Morgan fingerprint density at radius 2 is 1.74 bits per heavy atom. The molecule has 0 saturated carbocycles. The molecule has 0 aliphatic rings. The van der Waals surface area contributed by atoms with Gasteiger partial charge in [-0.25, -0.2) is 17.9 Å². The average molecular weight is 484 g/mol. The monoisotopic (exact) mass is 483 g/mol. The van der Waals surface area contributed by atoms with Gasteiger partial charge in [0.25, 0.3) is 0 Å². The molecule has 10 heteroatoms. The van der Waals surface area contributed by atoms with E-state index in [-0.39, 0.29) is 34.5 Å². The molecule has 7 nitrogen and oxygen atoms in total. The molecule has 0 fully saturated rings. The standard InChI is InChI=1S/C21H19Cl2NO6S/c1-12-8-15-14(10-20(26)30-18(15)9-13(12)2)11-29-19(25)6-7-24-31(27,28)21-16(22)4-3-5-17(21)23/h3-5,8-10,24H,6-7,11H2,1-2H3. The Kier molecular flexibility index (Phi) is 7.06. The zero-order valence-corrected chi connectivity index (χ0v) is 19.0. The van der Waals surface area contributed by atoms with Gasteiger partial charge in [0.05, 0.1) is 16.5 Å². The summed E-state index contributed by atoms with van der Waals surface area (Å²) >= 11 is 11.9. The largest absolute Gasteiger partial charge is 0.461 e. The van der Waals surface area contributed by atoms with Crippen molar-refractivity contribution in [2.75, 3.05) is 6.54 Å². The highest BCUT2D eigenvalue weighted by molar-refractivity contribution is 7.89. The van der Waals surface area contributed by atoms with Gasteiger partial charge in [0.15, 0.2) is 0 Å². The number of ether oxygens (including phenoxy) is 1. The van der Waals surface area contributed by atoms with Gasteiger partial charge in [-0.3, -0.25) is 4.79 Å². The zero-order chi connectivity index (χ0) is 22.8. The van der Waals surface area contributed by atoms with Crippen molar-refractivity contribution in [3.05, 3.63) is 73.6 Å². The summed E-state index contributed by atoms with van der Waals surface area (Å²) in [6, 6.07) is 9.22. The van der Waals surface area contributed by atoms with Gasteiger partial charge in [-0.1, -0.05) is 29.3 Å². The van der Waals surface area contributed by atoms with Gasteiger partial charge < -0.3 is 9.15 Å². The Balaban J connectivity index is 1.64. The molecule has 3 rings (SSSR count). The fourth-order valence-electron chi connectivity index (χ4n) is 2.93. The van der Waals surface area contributed by atoms with Gasteiger partial charge in [0, 0.05) is 23.6 Å². The molecule has 1 heterocycles. The lowest BCUT2D eigenvalue weighted by Crippen LogP contribution is -2.27.